The average Bonchev–Trinajstić information content (AvgIpc) is 2.48. The monoisotopic (exact) mass is 368 g/mol. The van der Waals surface area contributed by atoms with Gasteiger partial charge in [-0.25, -0.2) is 0 Å². The first-order chi connectivity index (χ1) is 10.1. The maximum absolute atomic E-state index is 12.4. The number of ether oxygens (including phenoxy) is 2. The van der Waals surface area contributed by atoms with Crippen LogP contribution in [-0.2, 0) is 4.74 Å². The minimum absolute atomic E-state index is 0.0818. The van der Waals surface area contributed by atoms with Crippen molar-refractivity contribution in [2.75, 3.05) is 20.3 Å². The minimum atomic E-state index is -0.0818. The van der Waals surface area contributed by atoms with Gasteiger partial charge >= 0.3 is 0 Å². The summed E-state index contributed by atoms with van der Waals surface area (Å²) in [7, 11) is 1.62. The number of hydrogen-bond acceptors (Lipinski definition) is 3. The SMILES string of the molecule is COCCOc1ccc(C(=O)c2cccc(Cl)c2)cc1Br. The van der Waals surface area contributed by atoms with Crippen molar-refractivity contribution in [2.24, 2.45) is 0 Å². The van der Waals surface area contributed by atoms with Crippen LogP contribution < -0.4 is 4.74 Å². The highest BCUT2D eigenvalue weighted by atomic mass is 79.9. The lowest BCUT2D eigenvalue weighted by Gasteiger charge is -2.09. The molecule has 0 amide bonds. The first-order valence-corrected chi connectivity index (χ1v) is 7.50. The van der Waals surface area contributed by atoms with Crippen molar-refractivity contribution >= 4 is 33.3 Å². The van der Waals surface area contributed by atoms with Crippen LogP contribution in [0.2, 0.25) is 5.02 Å². The molecule has 0 aliphatic rings. The molecule has 0 saturated carbocycles. The van der Waals surface area contributed by atoms with Crippen molar-refractivity contribution in [3.05, 3.63) is 63.1 Å². The van der Waals surface area contributed by atoms with E-state index in [2.05, 4.69) is 15.9 Å². The fraction of sp³-hybridized carbons (Fsp3) is 0.188. The largest absolute Gasteiger partial charge is 0.490 e. The van der Waals surface area contributed by atoms with Gasteiger partial charge in [-0.05, 0) is 46.3 Å². The van der Waals surface area contributed by atoms with E-state index in [0.717, 1.165) is 4.47 Å². The Balaban J connectivity index is 2.17. The van der Waals surface area contributed by atoms with Crippen molar-refractivity contribution in [1.29, 1.82) is 0 Å². The van der Waals surface area contributed by atoms with Gasteiger partial charge in [0, 0.05) is 23.3 Å². The topological polar surface area (TPSA) is 35.5 Å². The van der Waals surface area contributed by atoms with Gasteiger partial charge in [-0.1, -0.05) is 23.7 Å². The van der Waals surface area contributed by atoms with Crippen LogP contribution in [0.3, 0.4) is 0 Å². The van der Waals surface area contributed by atoms with Gasteiger partial charge in [-0.2, -0.15) is 0 Å². The molecule has 0 heterocycles. The first-order valence-electron chi connectivity index (χ1n) is 6.33. The third-order valence-corrected chi connectivity index (χ3v) is 3.68. The summed E-state index contributed by atoms with van der Waals surface area (Å²) in [5.74, 6) is 0.594. The number of benzene rings is 2. The van der Waals surface area contributed by atoms with Crippen LogP contribution in [-0.4, -0.2) is 26.1 Å². The van der Waals surface area contributed by atoms with E-state index in [-0.39, 0.29) is 5.78 Å². The van der Waals surface area contributed by atoms with E-state index in [1.165, 1.54) is 0 Å². The second kappa shape index (κ2) is 7.59. The molecule has 0 aliphatic carbocycles. The Hall–Kier alpha value is -1.36. The quantitative estimate of drug-likeness (QED) is 0.560. The van der Waals surface area contributed by atoms with Gasteiger partial charge in [0.1, 0.15) is 12.4 Å². The number of carbonyl (C=O) groups excluding carboxylic acids is 1. The normalized spacial score (nSPS) is 10.4. The molecule has 0 N–H and O–H groups in total. The lowest BCUT2D eigenvalue weighted by atomic mass is 10.0. The van der Waals surface area contributed by atoms with Crippen molar-refractivity contribution < 1.29 is 14.3 Å². The van der Waals surface area contributed by atoms with Crippen LogP contribution >= 0.6 is 27.5 Å². The minimum Gasteiger partial charge on any atom is -0.490 e. The van der Waals surface area contributed by atoms with E-state index in [1.807, 2.05) is 0 Å². The molecular weight excluding hydrogens is 356 g/mol. The van der Waals surface area contributed by atoms with Crippen LogP contribution in [0.25, 0.3) is 0 Å². The summed E-state index contributed by atoms with van der Waals surface area (Å²) in [6.07, 6.45) is 0. The summed E-state index contributed by atoms with van der Waals surface area (Å²) in [5, 5.41) is 0.541. The Kier molecular flexibility index (Phi) is 5.79. The Labute approximate surface area is 137 Å². The Morgan fingerprint density at radius 1 is 1.14 bits per heavy atom. The third-order valence-electron chi connectivity index (χ3n) is 2.83. The zero-order valence-electron chi connectivity index (χ0n) is 11.4. The van der Waals surface area contributed by atoms with Crippen LogP contribution in [0.5, 0.6) is 5.75 Å². The number of carbonyl (C=O) groups is 1. The number of ketones is 1. The van der Waals surface area contributed by atoms with Gasteiger partial charge in [0.05, 0.1) is 11.1 Å². The van der Waals surface area contributed by atoms with Crippen LogP contribution in [0.1, 0.15) is 15.9 Å². The highest BCUT2D eigenvalue weighted by molar-refractivity contribution is 9.10. The molecule has 110 valence electrons. The third kappa shape index (κ3) is 4.30. The van der Waals surface area contributed by atoms with E-state index in [4.69, 9.17) is 21.1 Å². The summed E-state index contributed by atoms with van der Waals surface area (Å²) < 4.78 is 11.2. The summed E-state index contributed by atoms with van der Waals surface area (Å²) in [4.78, 5) is 12.4. The highest BCUT2D eigenvalue weighted by Gasteiger charge is 2.12. The molecule has 21 heavy (non-hydrogen) atoms. The molecular formula is C16H14BrClO3. The zero-order valence-corrected chi connectivity index (χ0v) is 13.8. The second-order valence-electron chi connectivity index (χ2n) is 4.33. The predicted molar refractivity (Wildman–Crippen MR) is 86.4 cm³/mol. The van der Waals surface area contributed by atoms with Crippen LogP contribution in [0.4, 0.5) is 0 Å². The number of hydrogen-bond donors (Lipinski definition) is 0. The van der Waals surface area contributed by atoms with Crippen molar-refractivity contribution in [2.45, 2.75) is 0 Å². The van der Waals surface area contributed by atoms with E-state index in [9.17, 15) is 4.79 Å². The molecule has 0 aliphatic heterocycles. The van der Waals surface area contributed by atoms with Crippen molar-refractivity contribution in [3.8, 4) is 5.75 Å². The molecule has 0 unspecified atom stereocenters. The Morgan fingerprint density at radius 2 is 1.90 bits per heavy atom. The van der Waals surface area contributed by atoms with Crippen molar-refractivity contribution in [3.63, 3.8) is 0 Å². The van der Waals surface area contributed by atoms with Gasteiger partial charge in [0.25, 0.3) is 0 Å². The summed E-state index contributed by atoms with van der Waals surface area (Å²) in [6, 6.07) is 12.1. The molecule has 2 aromatic rings. The van der Waals surface area contributed by atoms with Crippen LogP contribution in [0, 0.1) is 0 Å². The molecule has 0 fully saturated rings. The number of rotatable bonds is 6. The molecule has 0 radical (unpaired) electrons. The van der Waals surface area contributed by atoms with E-state index in [0.29, 0.717) is 35.1 Å². The van der Waals surface area contributed by atoms with Crippen LogP contribution in [0.15, 0.2) is 46.9 Å². The molecule has 0 bridgehead atoms. The molecule has 0 aromatic heterocycles. The lowest BCUT2D eigenvalue weighted by molar-refractivity contribution is 0.103. The summed E-state index contributed by atoms with van der Waals surface area (Å²) in [5.41, 5.74) is 1.13. The molecule has 5 heteroatoms. The number of methoxy groups -OCH3 is 1. The van der Waals surface area contributed by atoms with Gasteiger partial charge in [-0.15, -0.1) is 0 Å². The van der Waals surface area contributed by atoms with Gasteiger partial charge in [0.2, 0.25) is 0 Å². The molecule has 0 spiro atoms. The van der Waals surface area contributed by atoms with E-state index in [1.54, 1.807) is 49.6 Å². The highest BCUT2D eigenvalue weighted by Crippen LogP contribution is 2.27. The number of halogens is 2. The summed E-state index contributed by atoms with van der Waals surface area (Å²) in [6.45, 7) is 0.965. The predicted octanol–water partition coefficient (Wildman–Crippen LogP) is 4.36. The van der Waals surface area contributed by atoms with Gasteiger partial charge < -0.3 is 9.47 Å². The molecule has 3 nitrogen and oxygen atoms in total. The first kappa shape index (κ1) is 16.0. The second-order valence-corrected chi connectivity index (χ2v) is 5.62. The maximum atomic E-state index is 12.4. The van der Waals surface area contributed by atoms with E-state index >= 15 is 0 Å². The fourth-order valence-corrected chi connectivity index (χ4v) is 2.47. The molecule has 2 rings (SSSR count). The standard InChI is InChI=1S/C16H14BrClO3/c1-20-7-8-21-15-6-5-12(10-14(15)17)16(19)11-3-2-4-13(18)9-11/h2-6,9-10H,7-8H2,1H3. The average molecular weight is 370 g/mol. The zero-order chi connectivity index (χ0) is 15.2. The Morgan fingerprint density at radius 3 is 2.57 bits per heavy atom. The smallest absolute Gasteiger partial charge is 0.193 e. The fourth-order valence-electron chi connectivity index (χ4n) is 1.79. The van der Waals surface area contributed by atoms with Crippen molar-refractivity contribution in [1.82, 2.24) is 0 Å². The Bertz CT molecular complexity index is 643. The van der Waals surface area contributed by atoms with Gasteiger partial charge in [-0.3, -0.25) is 4.79 Å². The van der Waals surface area contributed by atoms with E-state index < -0.39 is 0 Å². The lowest BCUT2D eigenvalue weighted by Crippen LogP contribution is -2.06. The molecule has 0 atom stereocenters. The maximum Gasteiger partial charge on any atom is 0.193 e. The molecule has 0 saturated heterocycles. The van der Waals surface area contributed by atoms with Gasteiger partial charge in [0.15, 0.2) is 5.78 Å². The molecule has 2 aromatic carbocycles. The summed E-state index contributed by atoms with van der Waals surface area (Å²) >= 11 is 9.32.